The van der Waals surface area contributed by atoms with Gasteiger partial charge in [0, 0.05) is 24.8 Å². The lowest BCUT2D eigenvalue weighted by Gasteiger charge is -2.23. The zero-order chi connectivity index (χ0) is 11.5. The largest absolute Gasteiger partial charge is 0.399 e. The van der Waals surface area contributed by atoms with Crippen LogP contribution in [0.1, 0.15) is 11.7 Å². The number of nitrogens with zero attached hydrogens (tertiary/aromatic N) is 1. The molecule has 0 bridgehead atoms. The van der Waals surface area contributed by atoms with E-state index in [0.29, 0.717) is 24.4 Å². The topological polar surface area (TPSA) is 90.4 Å². The molecule has 1 heterocycles. The monoisotopic (exact) mass is 223 g/mol. The number of anilines is 1. The molecule has 0 spiro atoms. The number of rotatable bonds is 2. The number of benzene rings is 1. The molecule has 1 fully saturated rings. The van der Waals surface area contributed by atoms with Crippen LogP contribution in [0.4, 0.5) is 11.4 Å². The van der Waals surface area contributed by atoms with Crippen LogP contribution in [-0.2, 0) is 4.74 Å². The summed E-state index contributed by atoms with van der Waals surface area (Å²) in [7, 11) is 0. The Labute approximate surface area is 92.5 Å². The number of nitro benzene ring substituents is 1. The summed E-state index contributed by atoms with van der Waals surface area (Å²) < 4.78 is 5.49. The molecule has 2 rings (SSSR count). The first-order chi connectivity index (χ1) is 7.68. The Hall–Kier alpha value is -1.66. The summed E-state index contributed by atoms with van der Waals surface area (Å²) in [6.07, 6.45) is -0.269. The van der Waals surface area contributed by atoms with Gasteiger partial charge in [-0.2, -0.15) is 0 Å². The highest BCUT2D eigenvalue weighted by Gasteiger charge is 2.24. The summed E-state index contributed by atoms with van der Waals surface area (Å²) in [6, 6.07) is 4.68. The molecule has 1 aliphatic heterocycles. The first-order valence-electron chi connectivity index (χ1n) is 5.04. The van der Waals surface area contributed by atoms with Crippen LogP contribution in [0, 0.1) is 10.1 Å². The minimum Gasteiger partial charge on any atom is -0.399 e. The number of hydrogen-bond acceptors (Lipinski definition) is 5. The Bertz CT molecular complexity index is 402. The molecule has 86 valence electrons. The average Bonchev–Trinajstić information content (AvgIpc) is 2.30. The van der Waals surface area contributed by atoms with E-state index in [1.807, 2.05) is 0 Å². The molecule has 1 aromatic rings. The van der Waals surface area contributed by atoms with Gasteiger partial charge in [-0.1, -0.05) is 0 Å². The molecule has 6 heteroatoms. The maximum atomic E-state index is 10.9. The number of ether oxygens (including phenoxy) is 1. The van der Waals surface area contributed by atoms with Crippen LogP contribution in [0.5, 0.6) is 0 Å². The van der Waals surface area contributed by atoms with E-state index in [1.54, 1.807) is 12.1 Å². The van der Waals surface area contributed by atoms with Crippen LogP contribution in [0.15, 0.2) is 18.2 Å². The Balaban J connectivity index is 2.34. The van der Waals surface area contributed by atoms with Gasteiger partial charge >= 0.3 is 0 Å². The first kappa shape index (κ1) is 10.8. The van der Waals surface area contributed by atoms with E-state index in [1.165, 1.54) is 6.07 Å². The van der Waals surface area contributed by atoms with Gasteiger partial charge in [-0.3, -0.25) is 10.1 Å². The smallest absolute Gasteiger partial charge is 0.277 e. The van der Waals surface area contributed by atoms with Crippen molar-refractivity contribution < 1.29 is 9.66 Å². The molecule has 1 atom stereocenters. The third kappa shape index (κ3) is 2.12. The highest BCUT2D eigenvalue weighted by Crippen LogP contribution is 2.29. The Morgan fingerprint density at radius 1 is 1.56 bits per heavy atom. The molecule has 0 aliphatic carbocycles. The zero-order valence-electron chi connectivity index (χ0n) is 8.68. The van der Waals surface area contributed by atoms with Crippen molar-refractivity contribution in [2.24, 2.45) is 0 Å². The highest BCUT2D eigenvalue weighted by molar-refractivity contribution is 5.53. The molecule has 0 aromatic heterocycles. The van der Waals surface area contributed by atoms with Gasteiger partial charge in [0.2, 0.25) is 0 Å². The number of hydrogen-bond donors (Lipinski definition) is 2. The van der Waals surface area contributed by atoms with Crippen molar-refractivity contribution in [3.05, 3.63) is 33.9 Å². The van der Waals surface area contributed by atoms with Crippen LogP contribution < -0.4 is 11.1 Å². The maximum absolute atomic E-state index is 10.9. The fourth-order valence-corrected chi connectivity index (χ4v) is 1.76. The molecule has 0 unspecified atom stereocenters. The number of nitrogen functional groups attached to an aromatic ring is 1. The van der Waals surface area contributed by atoms with Crippen LogP contribution in [-0.4, -0.2) is 24.6 Å². The molecule has 0 amide bonds. The van der Waals surface area contributed by atoms with Crippen LogP contribution >= 0.6 is 0 Å². The molecule has 0 saturated carbocycles. The molecule has 1 aromatic carbocycles. The summed E-state index contributed by atoms with van der Waals surface area (Å²) in [5.41, 5.74) is 6.52. The minimum absolute atomic E-state index is 0.0219. The molecule has 16 heavy (non-hydrogen) atoms. The normalized spacial score (nSPS) is 20.6. The van der Waals surface area contributed by atoms with Crippen LogP contribution in [0.3, 0.4) is 0 Å². The number of nitro groups is 1. The van der Waals surface area contributed by atoms with E-state index in [4.69, 9.17) is 10.5 Å². The molecule has 1 aliphatic rings. The van der Waals surface area contributed by atoms with Crippen molar-refractivity contribution in [3.63, 3.8) is 0 Å². The predicted molar refractivity (Wildman–Crippen MR) is 59.1 cm³/mol. The van der Waals surface area contributed by atoms with Gasteiger partial charge < -0.3 is 15.8 Å². The Morgan fingerprint density at radius 2 is 2.38 bits per heavy atom. The second-order valence-electron chi connectivity index (χ2n) is 3.64. The second kappa shape index (κ2) is 4.46. The van der Waals surface area contributed by atoms with Crippen molar-refractivity contribution >= 4 is 11.4 Å². The SMILES string of the molecule is Nc1ccc([C@@H]2CNCCO2)c([N+](=O)[O-])c1. The van der Waals surface area contributed by atoms with Gasteiger partial charge in [0.05, 0.1) is 17.1 Å². The zero-order valence-corrected chi connectivity index (χ0v) is 8.68. The van der Waals surface area contributed by atoms with E-state index in [2.05, 4.69) is 5.32 Å². The number of nitrogens with one attached hydrogen (secondary N) is 1. The first-order valence-corrected chi connectivity index (χ1v) is 5.04. The van der Waals surface area contributed by atoms with Gasteiger partial charge in [-0.05, 0) is 12.1 Å². The maximum Gasteiger partial charge on any atom is 0.277 e. The lowest BCUT2D eigenvalue weighted by Crippen LogP contribution is -2.33. The van der Waals surface area contributed by atoms with Crippen molar-refractivity contribution in [3.8, 4) is 0 Å². The fourth-order valence-electron chi connectivity index (χ4n) is 1.76. The van der Waals surface area contributed by atoms with E-state index >= 15 is 0 Å². The predicted octanol–water partition coefficient (Wildman–Crippen LogP) is 0.838. The molecule has 0 radical (unpaired) electrons. The summed E-state index contributed by atoms with van der Waals surface area (Å²) in [5, 5.41) is 14.0. The Kier molecular flexibility index (Phi) is 3.02. The van der Waals surface area contributed by atoms with Gasteiger partial charge in [0.15, 0.2) is 0 Å². The van der Waals surface area contributed by atoms with Gasteiger partial charge in [-0.15, -0.1) is 0 Å². The van der Waals surface area contributed by atoms with Crippen LogP contribution in [0.25, 0.3) is 0 Å². The van der Waals surface area contributed by atoms with Gasteiger partial charge in [0.1, 0.15) is 6.10 Å². The van der Waals surface area contributed by atoms with Gasteiger partial charge in [-0.25, -0.2) is 0 Å². The third-order valence-corrected chi connectivity index (χ3v) is 2.53. The molecule has 3 N–H and O–H groups in total. The molecular weight excluding hydrogens is 210 g/mol. The third-order valence-electron chi connectivity index (χ3n) is 2.53. The number of nitrogens with two attached hydrogens (primary N) is 1. The van der Waals surface area contributed by atoms with Crippen molar-refractivity contribution in [1.82, 2.24) is 5.32 Å². The average molecular weight is 223 g/mol. The van der Waals surface area contributed by atoms with Crippen molar-refractivity contribution in [1.29, 1.82) is 0 Å². The van der Waals surface area contributed by atoms with Gasteiger partial charge in [0.25, 0.3) is 5.69 Å². The highest BCUT2D eigenvalue weighted by atomic mass is 16.6. The quantitative estimate of drug-likeness (QED) is 0.440. The molecular formula is C10H13N3O3. The lowest BCUT2D eigenvalue weighted by atomic mass is 10.1. The van der Waals surface area contributed by atoms with E-state index in [-0.39, 0.29) is 11.8 Å². The lowest BCUT2D eigenvalue weighted by molar-refractivity contribution is -0.386. The summed E-state index contributed by atoms with van der Waals surface area (Å²) >= 11 is 0. The fraction of sp³-hybridized carbons (Fsp3) is 0.400. The van der Waals surface area contributed by atoms with E-state index in [9.17, 15) is 10.1 Å². The molecule has 6 nitrogen and oxygen atoms in total. The van der Waals surface area contributed by atoms with E-state index < -0.39 is 4.92 Å². The standard InChI is InChI=1S/C10H13N3O3/c11-7-1-2-8(9(5-7)13(14)15)10-6-12-3-4-16-10/h1-2,5,10,12H,3-4,6,11H2/t10-/m0/s1. The summed E-state index contributed by atoms with van der Waals surface area (Å²) in [5.74, 6) is 0. The minimum atomic E-state index is -0.427. The Morgan fingerprint density at radius 3 is 3.00 bits per heavy atom. The van der Waals surface area contributed by atoms with Crippen LogP contribution in [0.2, 0.25) is 0 Å². The number of morpholine rings is 1. The van der Waals surface area contributed by atoms with Crippen molar-refractivity contribution in [2.75, 3.05) is 25.4 Å². The molecule has 1 saturated heterocycles. The van der Waals surface area contributed by atoms with Crippen molar-refractivity contribution in [2.45, 2.75) is 6.10 Å². The second-order valence-corrected chi connectivity index (χ2v) is 3.64. The van der Waals surface area contributed by atoms with E-state index in [0.717, 1.165) is 6.54 Å². The summed E-state index contributed by atoms with van der Waals surface area (Å²) in [4.78, 5) is 10.5. The summed E-state index contributed by atoms with van der Waals surface area (Å²) in [6.45, 7) is 1.93.